The standard InChI is InChI=1S/C14H27N3O.2ClH/c1-16-7-3-4-13(10-16)11-17(2)14(18)9-15-8-12-5-6-12;;/h12-13,15H,3-11H2,1-2H3;2*1H. The van der Waals surface area contributed by atoms with Crippen LogP contribution in [0.25, 0.3) is 0 Å². The number of hydrogen-bond donors (Lipinski definition) is 1. The van der Waals surface area contributed by atoms with E-state index in [1.54, 1.807) is 0 Å². The molecule has 1 N–H and O–H groups in total. The molecule has 1 unspecified atom stereocenters. The molecule has 1 amide bonds. The Hall–Kier alpha value is -0.0300. The second kappa shape index (κ2) is 9.82. The van der Waals surface area contributed by atoms with Gasteiger partial charge in [0.05, 0.1) is 6.54 Å². The summed E-state index contributed by atoms with van der Waals surface area (Å²) in [6.07, 6.45) is 5.21. The van der Waals surface area contributed by atoms with Gasteiger partial charge in [-0.1, -0.05) is 0 Å². The molecule has 0 spiro atoms. The van der Waals surface area contributed by atoms with Gasteiger partial charge in [0.15, 0.2) is 0 Å². The molecule has 0 radical (unpaired) electrons. The number of carbonyl (C=O) groups excluding carboxylic acids is 1. The molecule has 0 aromatic heterocycles. The molecule has 2 rings (SSSR count). The van der Waals surface area contributed by atoms with Crippen molar-refractivity contribution in [2.75, 3.05) is 46.8 Å². The zero-order valence-electron chi connectivity index (χ0n) is 12.6. The highest BCUT2D eigenvalue weighted by atomic mass is 35.5. The van der Waals surface area contributed by atoms with Crippen LogP contribution < -0.4 is 5.32 Å². The van der Waals surface area contributed by atoms with Gasteiger partial charge in [0, 0.05) is 20.1 Å². The van der Waals surface area contributed by atoms with Crippen LogP contribution in [0.3, 0.4) is 0 Å². The quantitative estimate of drug-likeness (QED) is 0.806. The first kappa shape index (κ1) is 20.0. The molecule has 1 saturated heterocycles. The van der Waals surface area contributed by atoms with E-state index in [1.165, 1.54) is 32.2 Å². The number of rotatable bonds is 6. The summed E-state index contributed by atoms with van der Waals surface area (Å²) in [5, 5.41) is 3.27. The zero-order chi connectivity index (χ0) is 13.0. The summed E-state index contributed by atoms with van der Waals surface area (Å²) < 4.78 is 0. The fraction of sp³-hybridized carbons (Fsp3) is 0.929. The molecule has 1 aliphatic heterocycles. The lowest BCUT2D eigenvalue weighted by Crippen LogP contribution is -2.42. The summed E-state index contributed by atoms with van der Waals surface area (Å²) >= 11 is 0. The van der Waals surface area contributed by atoms with Crippen molar-refractivity contribution >= 4 is 30.7 Å². The summed E-state index contributed by atoms with van der Waals surface area (Å²) in [4.78, 5) is 16.2. The first-order chi connectivity index (χ1) is 8.65. The first-order valence-electron chi connectivity index (χ1n) is 7.28. The Morgan fingerprint density at radius 1 is 1.25 bits per heavy atom. The number of hydrogen-bond acceptors (Lipinski definition) is 3. The van der Waals surface area contributed by atoms with Crippen LogP contribution in [0, 0.1) is 11.8 Å². The molecule has 1 atom stereocenters. The van der Waals surface area contributed by atoms with Gasteiger partial charge < -0.3 is 15.1 Å². The average Bonchev–Trinajstić information content (AvgIpc) is 3.13. The van der Waals surface area contributed by atoms with Gasteiger partial charge in [-0.25, -0.2) is 0 Å². The van der Waals surface area contributed by atoms with Crippen molar-refractivity contribution in [3.8, 4) is 0 Å². The fourth-order valence-electron chi connectivity index (χ4n) is 2.75. The second-order valence-electron chi connectivity index (χ2n) is 6.12. The maximum atomic E-state index is 11.9. The van der Waals surface area contributed by atoms with Crippen LogP contribution in [0.5, 0.6) is 0 Å². The van der Waals surface area contributed by atoms with Gasteiger partial charge in [-0.2, -0.15) is 0 Å². The van der Waals surface area contributed by atoms with E-state index in [9.17, 15) is 4.79 Å². The average molecular weight is 326 g/mol. The molecule has 0 bridgehead atoms. The fourth-order valence-corrected chi connectivity index (χ4v) is 2.75. The van der Waals surface area contributed by atoms with Crippen molar-refractivity contribution < 1.29 is 4.79 Å². The van der Waals surface area contributed by atoms with Crippen molar-refractivity contribution in [2.24, 2.45) is 11.8 Å². The van der Waals surface area contributed by atoms with E-state index in [1.807, 2.05) is 11.9 Å². The lowest BCUT2D eigenvalue weighted by Gasteiger charge is -2.32. The smallest absolute Gasteiger partial charge is 0.236 e. The number of likely N-dealkylation sites (tertiary alicyclic amines) is 1. The molecule has 0 aromatic rings. The maximum absolute atomic E-state index is 11.9. The van der Waals surface area contributed by atoms with E-state index in [0.29, 0.717) is 12.5 Å². The normalized spacial score (nSPS) is 22.6. The molecule has 20 heavy (non-hydrogen) atoms. The zero-order valence-corrected chi connectivity index (χ0v) is 14.3. The van der Waals surface area contributed by atoms with Gasteiger partial charge in [0.25, 0.3) is 0 Å². The van der Waals surface area contributed by atoms with E-state index >= 15 is 0 Å². The lowest BCUT2D eigenvalue weighted by atomic mass is 9.98. The Labute approximate surface area is 135 Å². The Morgan fingerprint density at radius 2 is 1.95 bits per heavy atom. The van der Waals surface area contributed by atoms with Crippen LogP contribution in [0.2, 0.25) is 0 Å². The molecule has 2 fully saturated rings. The predicted molar refractivity (Wildman–Crippen MR) is 87.9 cm³/mol. The minimum absolute atomic E-state index is 0. The Morgan fingerprint density at radius 3 is 2.55 bits per heavy atom. The minimum atomic E-state index is 0. The molecule has 6 heteroatoms. The van der Waals surface area contributed by atoms with E-state index in [0.717, 1.165) is 25.6 Å². The van der Waals surface area contributed by atoms with Gasteiger partial charge in [-0.15, -0.1) is 24.8 Å². The molecule has 2 aliphatic rings. The molecule has 120 valence electrons. The van der Waals surface area contributed by atoms with Crippen molar-refractivity contribution in [3.63, 3.8) is 0 Å². The monoisotopic (exact) mass is 325 g/mol. The van der Waals surface area contributed by atoms with Crippen LogP contribution in [0.15, 0.2) is 0 Å². The van der Waals surface area contributed by atoms with E-state index < -0.39 is 0 Å². The minimum Gasteiger partial charge on any atom is -0.344 e. The third kappa shape index (κ3) is 7.11. The topological polar surface area (TPSA) is 35.6 Å². The first-order valence-corrected chi connectivity index (χ1v) is 7.28. The summed E-state index contributed by atoms with van der Waals surface area (Å²) in [5.41, 5.74) is 0. The van der Waals surface area contributed by atoms with Crippen molar-refractivity contribution in [3.05, 3.63) is 0 Å². The van der Waals surface area contributed by atoms with E-state index in [4.69, 9.17) is 0 Å². The number of piperidine rings is 1. The highest BCUT2D eigenvalue weighted by molar-refractivity contribution is 5.85. The summed E-state index contributed by atoms with van der Waals surface area (Å²) in [7, 11) is 4.11. The molecule has 1 aliphatic carbocycles. The Bertz CT molecular complexity index is 288. The van der Waals surface area contributed by atoms with Crippen molar-refractivity contribution in [1.29, 1.82) is 0 Å². The molecular formula is C14H29Cl2N3O. The summed E-state index contributed by atoms with van der Waals surface area (Å²) in [6.45, 7) is 4.78. The Balaban J connectivity index is 0.00000180. The van der Waals surface area contributed by atoms with Crippen LogP contribution >= 0.6 is 24.8 Å². The molecule has 1 saturated carbocycles. The number of carbonyl (C=O) groups is 1. The number of likely N-dealkylation sites (N-methyl/N-ethyl adjacent to an activating group) is 1. The highest BCUT2D eigenvalue weighted by Crippen LogP contribution is 2.27. The number of halogens is 2. The highest BCUT2D eigenvalue weighted by Gasteiger charge is 2.22. The molecular weight excluding hydrogens is 297 g/mol. The number of nitrogens with one attached hydrogen (secondary N) is 1. The largest absolute Gasteiger partial charge is 0.344 e. The van der Waals surface area contributed by atoms with Gasteiger partial charge in [0.1, 0.15) is 0 Å². The molecule has 0 aromatic carbocycles. The third-order valence-electron chi connectivity index (χ3n) is 4.09. The summed E-state index contributed by atoms with van der Waals surface area (Å²) in [6, 6.07) is 0. The van der Waals surface area contributed by atoms with Crippen LogP contribution in [0.1, 0.15) is 25.7 Å². The maximum Gasteiger partial charge on any atom is 0.236 e. The van der Waals surface area contributed by atoms with Crippen molar-refractivity contribution in [2.45, 2.75) is 25.7 Å². The Kier molecular flexibility index (Phi) is 9.81. The van der Waals surface area contributed by atoms with Crippen LogP contribution in [-0.4, -0.2) is 62.5 Å². The van der Waals surface area contributed by atoms with E-state index in [2.05, 4.69) is 17.3 Å². The predicted octanol–water partition coefficient (Wildman–Crippen LogP) is 1.63. The van der Waals surface area contributed by atoms with E-state index in [-0.39, 0.29) is 30.7 Å². The van der Waals surface area contributed by atoms with Gasteiger partial charge >= 0.3 is 0 Å². The number of nitrogens with zero attached hydrogens (tertiary/aromatic N) is 2. The summed E-state index contributed by atoms with van der Waals surface area (Å²) in [5.74, 6) is 1.74. The van der Waals surface area contributed by atoms with Crippen molar-refractivity contribution in [1.82, 2.24) is 15.1 Å². The number of amides is 1. The molecule has 4 nitrogen and oxygen atoms in total. The lowest BCUT2D eigenvalue weighted by molar-refractivity contribution is -0.129. The van der Waals surface area contributed by atoms with Gasteiger partial charge in [-0.3, -0.25) is 4.79 Å². The SMILES string of the molecule is CN1CCCC(CN(C)C(=O)CNCC2CC2)C1.Cl.Cl. The second-order valence-corrected chi connectivity index (χ2v) is 6.12. The van der Waals surface area contributed by atoms with Crippen LogP contribution in [-0.2, 0) is 4.79 Å². The third-order valence-corrected chi connectivity index (χ3v) is 4.09. The molecule has 1 heterocycles. The van der Waals surface area contributed by atoms with Gasteiger partial charge in [-0.05, 0) is 57.7 Å². The van der Waals surface area contributed by atoms with Crippen LogP contribution in [0.4, 0.5) is 0 Å². The van der Waals surface area contributed by atoms with Gasteiger partial charge in [0.2, 0.25) is 5.91 Å².